The highest BCUT2D eigenvalue weighted by atomic mass is 35.5. The molecule has 1 aliphatic rings. The van der Waals surface area contributed by atoms with Crippen LogP contribution < -0.4 is 5.73 Å². The molecular weight excluding hydrogens is 416 g/mol. The molecule has 1 aromatic carbocycles. The van der Waals surface area contributed by atoms with E-state index in [4.69, 9.17) is 21.0 Å². The molecule has 29 heavy (non-hydrogen) atoms. The van der Waals surface area contributed by atoms with E-state index < -0.39 is 18.6 Å². The van der Waals surface area contributed by atoms with Gasteiger partial charge in [0.25, 0.3) is 0 Å². The van der Waals surface area contributed by atoms with Gasteiger partial charge in [0.2, 0.25) is 0 Å². The Morgan fingerprint density at radius 2 is 1.93 bits per heavy atom. The second-order valence-electron chi connectivity index (χ2n) is 7.43. The average molecular weight is 446 g/mol. The number of halogens is 2. The first-order valence-corrected chi connectivity index (χ1v) is 9.45. The van der Waals surface area contributed by atoms with Crippen LogP contribution in [0.15, 0.2) is 24.3 Å². The minimum absolute atomic E-state index is 0. The average Bonchev–Trinajstić information content (AvgIpc) is 2.65. The lowest BCUT2D eigenvalue weighted by Gasteiger charge is -2.40. The summed E-state index contributed by atoms with van der Waals surface area (Å²) in [5.74, 6) is -1.08. The molecule has 0 radical (unpaired) electrons. The monoisotopic (exact) mass is 445 g/mol. The minimum atomic E-state index is -1.36. The Morgan fingerprint density at radius 3 is 2.48 bits per heavy atom. The van der Waals surface area contributed by atoms with Crippen LogP contribution in [-0.4, -0.2) is 51.8 Å². The molecular formula is C19H30BCl2N3O4. The van der Waals surface area contributed by atoms with E-state index in [2.05, 4.69) is 11.0 Å². The van der Waals surface area contributed by atoms with Crippen molar-refractivity contribution in [1.29, 1.82) is 5.26 Å². The van der Waals surface area contributed by atoms with Gasteiger partial charge < -0.3 is 20.9 Å². The van der Waals surface area contributed by atoms with Crippen molar-refractivity contribution in [3.05, 3.63) is 35.4 Å². The number of aliphatic carboxylic acids is 1. The third-order valence-electron chi connectivity index (χ3n) is 5.48. The second-order valence-corrected chi connectivity index (χ2v) is 7.43. The quantitative estimate of drug-likeness (QED) is 0.337. The number of carbonyl (C=O) groups is 1. The van der Waals surface area contributed by atoms with Gasteiger partial charge in [-0.25, -0.2) is 0 Å². The van der Waals surface area contributed by atoms with Gasteiger partial charge in [-0.15, -0.1) is 24.8 Å². The number of nitrogens with zero attached hydrogens (tertiary/aromatic N) is 2. The molecule has 1 unspecified atom stereocenters. The maximum atomic E-state index is 11.8. The number of hydrogen-bond donors (Lipinski definition) is 4. The minimum Gasteiger partial charge on any atom is -0.480 e. The Labute approximate surface area is 184 Å². The summed E-state index contributed by atoms with van der Waals surface area (Å²) in [7, 11) is -1.36. The zero-order chi connectivity index (χ0) is 19.9. The van der Waals surface area contributed by atoms with Crippen LogP contribution in [0.5, 0.6) is 0 Å². The third-order valence-corrected chi connectivity index (χ3v) is 5.48. The highest BCUT2D eigenvalue weighted by Crippen LogP contribution is 2.32. The Bertz CT molecular complexity index is 682. The fourth-order valence-electron chi connectivity index (χ4n) is 3.83. The van der Waals surface area contributed by atoms with E-state index in [9.17, 15) is 9.90 Å². The van der Waals surface area contributed by atoms with E-state index in [1.165, 1.54) is 0 Å². The number of rotatable bonds is 9. The summed E-state index contributed by atoms with van der Waals surface area (Å²) >= 11 is 0. The molecule has 1 atom stereocenters. The van der Waals surface area contributed by atoms with Crippen molar-refractivity contribution >= 4 is 37.9 Å². The fraction of sp³-hybridized carbons (Fsp3) is 0.579. The van der Waals surface area contributed by atoms with E-state index in [0.29, 0.717) is 37.7 Å². The summed E-state index contributed by atoms with van der Waals surface area (Å²) in [5.41, 5.74) is 6.74. The van der Waals surface area contributed by atoms with Gasteiger partial charge in [-0.2, -0.15) is 5.26 Å². The van der Waals surface area contributed by atoms with Gasteiger partial charge in [-0.3, -0.25) is 9.69 Å². The molecule has 0 bridgehead atoms. The number of carboxylic acid groups (broad SMARTS) is 1. The summed E-state index contributed by atoms with van der Waals surface area (Å²) in [6, 6.07) is 9.67. The molecule has 0 spiro atoms. The van der Waals surface area contributed by atoms with E-state index in [-0.39, 0.29) is 37.1 Å². The van der Waals surface area contributed by atoms with Gasteiger partial charge in [-0.05, 0) is 62.3 Å². The van der Waals surface area contributed by atoms with Gasteiger partial charge >= 0.3 is 13.1 Å². The maximum Gasteiger partial charge on any atom is 0.451 e. The van der Waals surface area contributed by atoms with Crippen molar-refractivity contribution in [2.75, 3.05) is 13.1 Å². The lowest BCUT2D eigenvalue weighted by atomic mass is 9.74. The molecule has 0 saturated carbocycles. The third kappa shape index (κ3) is 8.13. The SMILES string of the molecule is Cl.Cl.N#Cc1cccc(CN2CCC(C(N)(CCCCB(O)O)C(=O)O)CC2)c1. The summed E-state index contributed by atoms with van der Waals surface area (Å²) in [6.45, 7) is 2.27. The van der Waals surface area contributed by atoms with Crippen molar-refractivity contribution in [3.63, 3.8) is 0 Å². The van der Waals surface area contributed by atoms with Crippen LogP contribution in [0, 0.1) is 17.2 Å². The molecule has 1 saturated heterocycles. The summed E-state index contributed by atoms with van der Waals surface area (Å²) in [6.07, 6.45) is 3.09. The number of nitrogens with two attached hydrogens (primary N) is 1. The van der Waals surface area contributed by atoms with Gasteiger partial charge in [0.15, 0.2) is 0 Å². The Kier molecular flexibility index (Phi) is 12.5. The highest BCUT2D eigenvalue weighted by Gasteiger charge is 2.42. The number of hydrogen-bond acceptors (Lipinski definition) is 6. The second kappa shape index (κ2) is 13.1. The first kappa shape index (κ1) is 27.7. The number of carboxylic acids is 1. The molecule has 0 aromatic heterocycles. The lowest BCUT2D eigenvalue weighted by molar-refractivity contribution is -0.147. The lowest BCUT2D eigenvalue weighted by Crippen LogP contribution is -2.56. The van der Waals surface area contributed by atoms with Gasteiger partial charge in [0.05, 0.1) is 11.6 Å². The molecule has 1 aliphatic heterocycles. The normalized spacial score (nSPS) is 16.6. The van der Waals surface area contributed by atoms with Gasteiger partial charge in [0, 0.05) is 6.54 Å². The molecule has 1 fully saturated rings. The van der Waals surface area contributed by atoms with E-state index >= 15 is 0 Å². The molecule has 162 valence electrons. The van der Waals surface area contributed by atoms with Crippen LogP contribution in [0.1, 0.15) is 43.2 Å². The van der Waals surface area contributed by atoms with Gasteiger partial charge in [0.1, 0.15) is 5.54 Å². The topological polar surface area (TPSA) is 131 Å². The molecule has 1 heterocycles. The number of benzene rings is 1. The van der Waals surface area contributed by atoms with Gasteiger partial charge in [-0.1, -0.05) is 25.0 Å². The van der Waals surface area contributed by atoms with Crippen molar-refractivity contribution in [3.8, 4) is 6.07 Å². The summed E-state index contributed by atoms with van der Waals surface area (Å²) < 4.78 is 0. The molecule has 5 N–H and O–H groups in total. The van der Waals surface area contributed by atoms with Crippen LogP contribution in [0.25, 0.3) is 0 Å². The van der Waals surface area contributed by atoms with Crippen molar-refractivity contribution < 1.29 is 19.9 Å². The van der Waals surface area contributed by atoms with E-state index in [1.807, 2.05) is 18.2 Å². The zero-order valence-corrected chi connectivity index (χ0v) is 18.0. The summed E-state index contributed by atoms with van der Waals surface area (Å²) in [4.78, 5) is 14.1. The molecule has 7 nitrogen and oxygen atoms in total. The molecule has 1 aromatic rings. The smallest absolute Gasteiger partial charge is 0.451 e. The fourth-order valence-corrected chi connectivity index (χ4v) is 3.83. The van der Waals surface area contributed by atoms with Crippen LogP contribution in [0.2, 0.25) is 6.32 Å². The van der Waals surface area contributed by atoms with E-state index in [0.717, 1.165) is 25.2 Å². The highest BCUT2D eigenvalue weighted by molar-refractivity contribution is 6.40. The molecule has 0 amide bonds. The van der Waals surface area contributed by atoms with Crippen LogP contribution in [-0.2, 0) is 11.3 Å². The first-order chi connectivity index (χ1) is 12.8. The first-order valence-electron chi connectivity index (χ1n) is 9.45. The molecule has 2 rings (SSSR count). The van der Waals surface area contributed by atoms with Crippen LogP contribution in [0.3, 0.4) is 0 Å². The standard InChI is InChI=1S/C19H28BN3O4.2ClH/c21-13-15-4-3-5-16(12-15)14-23-10-6-17(7-11-23)19(22,18(24)25)8-1-2-9-20(26)27;;/h3-5,12,17,26-27H,1-2,6-11,14,22H2,(H,24,25);2*1H. The molecule has 10 heteroatoms. The van der Waals surface area contributed by atoms with Crippen molar-refractivity contribution in [1.82, 2.24) is 4.90 Å². The van der Waals surface area contributed by atoms with E-state index in [1.54, 1.807) is 6.07 Å². The Hall–Kier alpha value is -1.34. The Balaban J connectivity index is 0.00000392. The van der Waals surface area contributed by atoms with Crippen LogP contribution in [0.4, 0.5) is 0 Å². The maximum absolute atomic E-state index is 11.8. The van der Waals surface area contributed by atoms with Crippen molar-refractivity contribution in [2.45, 2.75) is 50.5 Å². The predicted molar refractivity (Wildman–Crippen MR) is 117 cm³/mol. The summed E-state index contributed by atoms with van der Waals surface area (Å²) in [5, 5.41) is 36.5. The van der Waals surface area contributed by atoms with Crippen molar-refractivity contribution in [2.24, 2.45) is 11.7 Å². The number of unbranched alkanes of at least 4 members (excludes halogenated alkanes) is 1. The molecule has 0 aliphatic carbocycles. The van der Waals surface area contributed by atoms with Crippen LogP contribution >= 0.6 is 24.8 Å². The number of likely N-dealkylation sites (tertiary alicyclic amines) is 1. The number of nitriles is 1. The predicted octanol–water partition coefficient (Wildman–Crippen LogP) is 2.04. The number of piperidine rings is 1. The largest absolute Gasteiger partial charge is 0.480 e. The Morgan fingerprint density at radius 1 is 1.28 bits per heavy atom. The zero-order valence-electron chi connectivity index (χ0n) is 16.4.